The van der Waals surface area contributed by atoms with Crippen molar-refractivity contribution in [2.75, 3.05) is 30.8 Å². The number of benzene rings is 1. The third-order valence-corrected chi connectivity index (χ3v) is 4.01. The van der Waals surface area contributed by atoms with E-state index < -0.39 is 10.0 Å². The third-order valence-electron chi connectivity index (χ3n) is 2.79. The lowest BCUT2D eigenvalue weighted by Gasteiger charge is -2.19. The minimum absolute atomic E-state index is 0.449. The number of fused-ring (bicyclic) bond motifs is 1. The van der Waals surface area contributed by atoms with Crippen LogP contribution in [0, 0.1) is 0 Å². The average molecular weight is 319 g/mol. The van der Waals surface area contributed by atoms with E-state index in [9.17, 15) is 8.42 Å². The molecule has 6 heteroatoms. The normalized spacial score (nSPS) is 15.1. The second kappa shape index (κ2) is 4.96. The Hall–Kier alpha value is -0.590. The van der Waals surface area contributed by atoms with Gasteiger partial charge in [0.1, 0.15) is 0 Å². The number of sulfonamides is 1. The minimum atomic E-state index is -3.09. The number of nitrogens with one attached hydrogen (secondary N) is 1. The molecule has 0 aromatic heterocycles. The Labute approximate surface area is 110 Å². The molecule has 0 saturated carbocycles. The Morgan fingerprint density at radius 3 is 2.94 bits per heavy atom. The molecule has 0 unspecified atom stereocenters. The predicted octanol–water partition coefficient (Wildman–Crippen LogP) is 1.36. The summed E-state index contributed by atoms with van der Waals surface area (Å²) in [6, 6.07) is 6.24. The fourth-order valence-electron chi connectivity index (χ4n) is 2.02. The van der Waals surface area contributed by atoms with E-state index >= 15 is 0 Å². The van der Waals surface area contributed by atoms with Gasteiger partial charge in [-0.3, -0.25) is 0 Å². The van der Waals surface area contributed by atoms with Crippen molar-refractivity contribution in [3.05, 3.63) is 28.2 Å². The molecule has 1 aromatic rings. The highest BCUT2D eigenvalue weighted by Gasteiger charge is 2.18. The zero-order valence-corrected chi connectivity index (χ0v) is 12.0. The van der Waals surface area contributed by atoms with Gasteiger partial charge in [0, 0.05) is 29.8 Å². The van der Waals surface area contributed by atoms with Crippen molar-refractivity contribution in [3.8, 4) is 0 Å². The van der Waals surface area contributed by atoms with E-state index in [4.69, 9.17) is 0 Å². The highest BCUT2D eigenvalue weighted by Crippen LogP contribution is 2.30. The first-order chi connectivity index (χ1) is 7.96. The predicted molar refractivity (Wildman–Crippen MR) is 72.9 cm³/mol. The maximum absolute atomic E-state index is 11.0. The molecule has 94 valence electrons. The first kappa shape index (κ1) is 12.9. The molecule has 1 aliphatic heterocycles. The Balaban J connectivity index is 2.00. The van der Waals surface area contributed by atoms with E-state index in [1.807, 2.05) is 6.07 Å². The fraction of sp³-hybridized carbons (Fsp3) is 0.455. The van der Waals surface area contributed by atoms with Gasteiger partial charge in [0.25, 0.3) is 0 Å². The van der Waals surface area contributed by atoms with Crippen LogP contribution < -0.4 is 9.62 Å². The van der Waals surface area contributed by atoms with Crippen LogP contribution in [-0.2, 0) is 16.4 Å². The van der Waals surface area contributed by atoms with Crippen LogP contribution >= 0.6 is 15.9 Å². The fourth-order valence-corrected chi connectivity index (χ4v) is 2.83. The van der Waals surface area contributed by atoms with Crippen molar-refractivity contribution in [2.24, 2.45) is 0 Å². The molecular formula is C11H15BrN2O2S. The van der Waals surface area contributed by atoms with Crippen molar-refractivity contribution in [1.82, 2.24) is 4.72 Å². The summed E-state index contributed by atoms with van der Waals surface area (Å²) in [5.41, 5.74) is 2.53. The van der Waals surface area contributed by atoms with E-state index in [2.05, 4.69) is 37.7 Å². The van der Waals surface area contributed by atoms with Gasteiger partial charge < -0.3 is 4.90 Å². The van der Waals surface area contributed by atoms with E-state index in [-0.39, 0.29) is 0 Å². The summed E-state index contributed by atoms with van der Waals surface area (Å²) in [6.45, 7) is 2.11. The molecule has 0 saturated heterocycles. The topological polar surface area (TPSA) is 49.4 Å². The molecule has 0 amide bonds. The highest BCUT2D eigenvalue weighted by atomic mass is 79.9. The Bertz CT molecular complexity index is 516. The van der Waals surface area contributed by atoms with Crippen LogP contribution in [0.15, 0.2) is 22.7 Å². The van der Waals surface area contributed by atoms with Crippen LogP contribution in [0.25, 0.3) is 0 Å². The molecule has 2 rings (SSSR count). The summed E-state index contributed by atoms with van der Waals surface area (Å²) in [5.74, 6) is 0. The lowest BCUT2D eigenvalue weighted by molar-refractivity contribution is 0.587. The van der Waals surface area contributed by atoms with Gasteiger partial charge in [0.05, 0.1) is 6.26 Å². The smallest absolute Gasteiger partial charge is 0.208 e. The van der Waals surface area contributed by atoms with Crippen molar-refractivity contribution in [3.63, 3.8) is 0 Å². The van der Waals surface area contributed by atoms with Crippen molar-refractivity contribution < 1.29 is 8.42 Å². The molecule has 0 aliphatic carbocycles. The Morgan fingerprint density at radius 1 is 1.47 bits per heavy atom. The summed E-state index contributed by atoms with van der Waals surface area (Å²) in [5, 5.41) is 0. The molecule has 1 heterocycles. The summed E-state index contributed by atoms with van der Waals surface area (Å²) in [6.07, 6.45) is 2.21. The van der Waals surface area contributed by atoms with E-state index in [1.54, 1.807) is 0 Å². The molecule has 0 bridgehead atoms. The van der Waals surface area contributed by atoms with Crippen LogP contribution in [0.4, 0.5) is 5.69 Å². The van der Waals surface area contributed by atoms with Gasteiger partial charge >= 0.3 is 0 Å². The van der Waals surface area contributed by atoms with Gasteiger partial charge in [-0.1, -0.05) is 22.0 Å². The van der Waals surface area contributed by atoms with Crippen molar-refractivity contribution in [2.45, 2.75) is 6.42 Å². The van der Waals surface area contributed by atoms with Crippen LogP contribution in [0.5, 0.6) is 0 Å². The Kier molecular flexibility index (Phi) is 3.75. The third kappa shape index (κ3) is 3.43. The summed E-state index contributed by atoms with van der Waals surface area (Å²) in [4.78, 5) is 2.21. The number of anilines is 1. The SMILES string of the molecule is CS(=O)(=O)NCCN1CCc2ccc(Br)cc21. The zero-order chi connectivity index (χ0) is 12.5. The molecule has 4 nitrogen and oxygen atoms in total. The molecule has 1 aliphatic rings. The van der Waals surface area contributed by atoms with Crippen LogP contribution in [0.2, 0.25) is 0 Å². The summed E-state index contributed by atoms with van der Waals surface area (Å²) in [7, 11) is -3.09. The van der Waals surface area contributed by atoms with Gasteiger partial charge in [-0.25, -0.2) is 13.1 Å². The molecule has 0 spiro atoms. The molecule has 1 aromatic carbocycles. The van der Waals surface area contributed by atoms with E-state index in [0.29, 0.717) is 13.1 Å². The number of nitrogens with zero attached hydrogens (tertiary/aromatic N) is 1. The second-order valence-corrected chi connectivity index (χ2v) is 6.93. The van der Waals surface area contributed by atoms with Crippen LogP contribution in [0.1, 0.15) is 5.56 Å². The molecule has 17 heavy (non-hydrogen) atoms. The van der Waals surface area contributed by atoms with Gasteiger partial charge in [-0.15, -0.1) is 0 Å². The number of hydrogen-bond acceptors (Lipinski definition) is 3. The minimum Gasteiger partial charge on any atom is -0.370 e. The highest BCUT2D eigenvalue weighted by molar-refractivity contribution is 9.10. The molecule has 0 radical (unpaired) electrons. The quantitative estimate of drug-likeness (QED) is 0.912. The largest absolute Gasteiger partial charge is 0.370 e. The molecular weight excluding hydrogens is 304 g/mol. The lowest BCUT2D eigenvalue weighted by atomic mass is 10.2. The Morgan fingerprint density at radius 2 is 2.24 bits per heavy atom. The number of hydrogen-bond donors (Lipinski definition) is 1. The van der Waals surface area contributed by atoms with E-state index in [0.717, 1.165) is 17.4 Å². The van der Waals surface area contributed by atoms with E-state index in [1.165, 1.54) is 17.5 Å². The summed E-state index contributed by atoms with van der Waals surface area (Å²) >= 11 is 3.45. The molecule has 1 N–H and O–H groups in total. The second-order valence-electron chi connectivity index (χ2n) is 4.18. The van der Waals surface area contributed by atoms with Gasteiger partial charge in [-0.05, 0) is 24.1 Å². The average Bonchev–Trinajstić information content (AvgIpc) is 2.59. The molecule has 0 fully saturated rings. The summed E-state index contributed by atoms with van der Waals surface area (Å²) < 4.78 is 25.5. The van der Waals surface area contributed by atoms with Crippen LogP contribution in [0.3, 0.4) is 0 Å². The lowest BCUT2D eigenvalue weighted by Crippen LogP contribution is -2.33. The number of rotatable bonds is 4. The van der Waals surface area contributed by atoms with Gasteiger partial charge in [-0.2, -0.15) is 0 Å². The van der Waals surface area contributed by atoms with Crippen molar-refractivity contribution >= 4 is 31.6 Å². The van der Waals surface area contributed by atoms with Gasteiger partial charge in [0.15, 0.2) is 0 Å². The van der Waals surface area contributed by atoms with Crippen LogP contribution in [-0.4, -0.2) is 34.3 Å². The first-order valence-electron chi connectivity index (χ1n) is 5.44. The van der Waals surface area contributed by atoms with Gasteiger partial charge in [0.2, 0.25) is 10.0 Å². The zero-order valence-electron chi connectivity index (χ0n) is 9.61. The maximum atomic E-state index is 11.0. The monoisotopic (exact) mass is 318 g/mol. The standard InChI is InChI=1S/C11H15BrN2O2S/c1-17(15,16)13-5-7-14-6-4-9-2-3-10(12)8-11(9)14/h2-3,8,13H,4-7H2,1H3. The number of halogens is 1. The maximum Gasteiger partial charge on any atom is 0.208 e. The first-order valence-corrected chi connectivity index (χ1v) is 8.12. The van der Waals surface area contributed by atoms with Crippen molar-refractivity contribution in [1.29, 1.82) is 0 Å². The molecule has 0 atom stereocenters.